The zero-order valence-electron chi connectivity index (χ0n) is 11.0. The maximum Gasteiger partial charge on any atom is 0.0780 e. The quantitative estimate of drug-likeness (QED) is 0.440. The fourth-order valence-corrected chi connectivity index (χ4v) is 1.76. The minimum Gasteiger partial charge on any atom is -0.396 e. The molecular formula is C13H30NO+. The molecule has 0 unspecified atom stereocenters. The van der Waals surface area contributed by atoms with Crippen LogP contribution in [0.25, 0.3) is 0 Å². The molecule has 0 saturated heterocycles. The van der Waals surface area contributed by atoms with E-state index in [4.69, 9.17) is 5.11 Å². The van der Waals surface area contributed by atoms with Gasteiger partial charge >= 0.3 is 0 Å². The first-order chi connectivity index (χ1) is 7.06. The van der Waals surface area contributed by atoms with Crippen LogP contribution in [-0.2, 0) is 0 Å². The third-order valence-corrected chi connectivity index (χ3v) is 2.74. The second-order valence-electron chi connectivity index (χ2n) is 5.57. The number of rotatable bonds is 10. The van der Waals surface area contributed by atoms with Crippen LogP contribution >= 0.6 is 0 Å². The standard InChI is InChI=1S/C13H30NO/c1-14(2,3)12-10-8-6-4-5-7-9-11-13-15/h15H,4-13H2,1-3H3/q+1. The monoisotopic (exact) mass is 216 g/mol. The van der Waals surface area contributed by atoms with Crippen molar-refractivity contribution in [1.29, 1.82) is 0 Å². The molecule has 92 valence electrons. The molecule has 1 N–H and O–H groups in total. The summed E-state index contributed by atoms with van der Waals surface area (Å²) in [6, 6.07) is 0. The molecule has 0 aromatic heterocycles. The van der Waals surface area contributed by atoms with Gasteiger partial charge in [0, 0.05) is 6.61 Å². The van der Waals surface area contributed by atoms with Gasteiger partial charge in [-0.25, -0.2) is 0 Å². The Kier molecular flexibility index (Phi) is 9.12. The second-order valence-corrected chi connectivity index (χ2v) is 5.57. The zero-order valence-corrected chi connectivity index (χ0v) is 11.0. The number of hydrogen-bond acceptors (Lipinski definition) is 1. The highest BCUT2D eigenvalue weighted by Gasteiger charge is 2.04. The minimum atomic E-state index is 0.365. The molecule has 0 fully saturated rings. The average molecular weight is 216 g/mol. The van der Waals surface area contributed by atoms with Crippen molar-refractivity contribution in [1.82, 2.24) is 0 Å². The minimum absolute atomic E-state index is 0.365. The van der Waals surface area contributed by atoms with E-state index in [1.54, 1.807) is 0 Å². The van der Waals surface area contributed by atoms with Crippen LogP contribution < -0.4 is 0 Å². The van der Waals surface area contributed by atoms with Gasteiger partial charge in [-0.2, -0.15) is 0 Å². The summed E-state index contributed by atoms with van der Waals surface area (Å²) in [4.78, 5) is 0. The predicted octanol–water partition coefficient (Wildman–Crippen LogP) is 2.81. The molecule has 0 aliphatic heterocycles. The molecule has 0 aliphatic rings. The van der Waals surface area contributed by atoms with E-state index in [1.807, 2.05) is 0 Å². The molecule has 0 spiro atoms. The van der Waals surface area contributed by atoms with Crippen molar-refractivity contribution < 1.29 is 9.59 Å². The van der Waals surface area contributed by atoms with Crippen LogP contribution in [0.4, 0.5) is 0 Å². The fourth-order valence-electron chi connectivity index (χ4n) is 1.76. The summed E-state index contributed by atoms with van der Waals surface area (Å²) >= 11 is 0. The Hall–Kier alpha value is -0.0800. The number of hydrogen-bond donors (Lipinski definition) is 1. The summed E-state index contributed by atoms with van der Waals surface area (Å²) in [6.45, 7) is 1.66. The molecule has 0 bridgehead atoms. The molecule has 0 aromatic carbocycles. The lowest BCUT2D eigenvalue weighted by atomic mass is 10.1. The highest BCUT2D eigenvalue weighted by molar-refractivity contribution is 4.46. The van der Waals surface area contributed by atoms with Crippen LogP contribution in [0.1, 0.15) is 51.4 Å². The van der Waals surface area contributed by atoms with Crippen LogP contribution in [0.15, 0.2) is 0 Å². The third kappa shape index (κ3) is 13.9. The summed E-state index contributed by atoms with van der Waals surface area (Å²) in [6.07, 6.45) is 10.4. The maximum absolute atomic E-state index is 8.61. The largest absolute Gasteiger partial charge is 0.396 e. The molecule has 0 aromatic rings. The SMILES string of the molecule is C[N+](C)(C)CCCCCCCCCCO. The van der Waals surface area contributed by atoms with Crippen LogP contribution in [-0.4, -0.2) is 43.9 Å². The first-order valence-electron chi connectivity index (χ1n) is 6.47. The van der Waals surface area contributed by atoms with Crippen molar-refractivity contribution in [2.24, 2.45) is 0 Å². The summed E-state index contributed by atoms with van der Waals surface area (Å²) in [5, 5.41) is 8.61. The zero-order chi connectivity index (χ0) is 11.6. The maximum atomic E-state index is 8.61. The Morgan fingerprint density at radius 1 is 0.667 bits per heavy atom. The molecule has 2 heteroatoms. The summed E-state index contributed by atoms with van der Waals surface area (Å²) in [5.74, 6) is 0. The van der Waals surface area contributed by atoms with E-state index < -0.39 is 0 Å². The van der Waals surface area contributed by atoms with Gasteiger partial charge in [0.05, 0.1) is 27.7 Å². The predicted molar refractivity (Wildman–Crippen MR) is 66.9 cm³/mol. The van der Waals surface area contributed by atoms with Crippen LogP contribution in [0.5, 0.6) is 0 Å². The van der Waals surface area contributed by atoms with E-state index in [9.17, 15) is 0 Å². The lowest BCUT2D eigenvalue weighted by Gasteiger charge is -2.23. The van der Waals surface area contributed by atoms with Crippen molar-refractivity contribution >= 4 is 0 Å². The van der Waals surface area contributed by atoms with E-state index in [-0.39, 0.29) is 0 Å². The van der Waals surface area contributed by atoms with Crippen LogP contribution in [0.3, 0.4) is 0 Å². The van der Waals surface area contributed by atoms with E-state index in [1.165, 1.54) is 51.5 Å². The number of aliphatic hydroxyl groups excluding tert-OH is 1. The lowest BCUT2D eigenvalue weighted by Crippen LogP contribution is -2.35. The molecular weight excluding hydrogens is 186 g/mol. The number of nitrogens with zero attached hydrogens (tertiary/aromatic N) is 1. The molecule has 0 heterocycles. The molecule has 2 nitrogen and oxygen atoms in total. The number of unbranched alkanes of at least 4 members (excludes halogenated alkanes) is 7. The van der Waals surface area contributed by atoms with Crippen molar-refractivity contribution in [3.05, 3.63) is 0 Å². The van der Waals surface area contributed by atoms with Crippen LogP contribution in [0.2, 0.25) is 0 Å². The summed E-state index contributed by atoms with van der Waals surface area (Å²) in [5.41, 5.74) is 0. The van der Waals surface area contributed by atoms with Gasteiger partial charge in [-0.3, -0.25) is 0 Å². The molecule has 0 amide bonds. The van der Waals surface area contributed by atoms with E-state index >= 15 is 0 Å². The summed E-state index contributed by atoms with van der Waals surface area (Å²) < 4.78 is 1.09. The molecule has 0 aliphatic carbocycles. The normalized spacial score (nSPS) is 12.0. The van der Waals surface area contributed by atoms with Crippen molar-refractivity contribution in [3.8, 4) is 0 Å². The van der Waals surface area contributed by atoms with Gasteiger partial charge in [-0.05, 0) is 19.3 Å². The van der Waals surface area contributed by atoms with Gasteiger partial charge in [-0.15, -0.1) is 0 Å². The Bertz CT molecular complexity index is 129. The van der Waals surface area contributed by atoms with E-state index in [2.05, 4.69) is 21.1 Å². The highest BCUT2D eigenvalue weighted by Crippen LogP contribution is 2.09. The van der Waals surface area contributed by atoms with Gasteiger partial charge in [0.1, 0.15) is 0 Å². The van der Waals surface area contributed by atoms with Crippen molar-refractivity contribution in [2.75, 3.05) is 34.3 Å². The second kappa shape index (κ2) is 9.17. The Balaban J connectivity index is 2.99. The Morgan fingerprint density at radius 3 is 1.47 bits per heavy atom. The number of quaternary nitrogens is 1. The molecule has 0 rings (SSSR count). The van der Waals surface area contributed by atoms with Gasteiger partial charge in [0.15, 0.2) is 0 Å². The van der Waals surface area contributed by atoms with E-state index in [0.717, 1.165) is 10.9 Å². The van der Waals surface area contributed by atoms with Gasteiger partial charge in [0.25, 0.3) is 0 Å². The van der Waals surface area contributed by atoms with Crippen molar-refractivity contribution in [2.45, 2.75) is 51.4 Å². The molecule has 0 atom stereocenters. The molecule has 15 heavy (non-hydrogen) atoms. The van der Waals surface area contributed by atoms with Gasteiger partial charge < -0.3 is 9.59 Å². The third-order valence-electron chi connectivity index (χ3n) is 2.74. The molecule has 0 radical (unpaired) electrons. The smallest absolute Gasteiger partial charge is 0.0780 e. The first kappa shape index (κ1) is 14.9. The molecule has 0 saturated carbocycles. The fraction of sp³-hybridized carbons (Fsp3) is 1.00. The number of aliphatic hydroxyl groups is 1. The first-order valence-corrected chi connectivity index (χ1v) is 6.47. The summed E-state index contributed by atoms with van der Waals surface area (Å²) in [7, 11) is 6.78. The van der Waals surface area contributed by atoms with Crippen molar-refractivity contribution in [3.63, 3.8) is 0 Å². The Labute approximate surface area is 95.9 Å². The van der Waals surface area contributed by atoms with E-state index in [0.29, 0.717) is 6.61 Å². The average Bonchev–Trinajstić information content (AvgIpc) is 2.14. The topological polar surface area (TPSA) is 20.2 Å². The van der Waals surface area contributed by atoms with Gasteiger partial charge in [-0.1, -0.05) is 32.1 Å². The highest BCUT2D eigenvalue weighted by atomic mass is 16.2. The van der Waals surface area contributed by atoms with Gasteiger partial charge in [0.2, 0.25) is 0 Å². The van der Waals surface area contributed by atoms with Crippen LogP contribution in [0, 0.1) is 0 Å². The Morgan fingerprint density at radius 2 is 1.07 bits per heavy atom. The lowest BCUT2D eigenvalue weighted by molar-refractivity contribution is -0.870.